The lowest BCUT2D eigenvalue weighted by molar-refractivity contribution is -0.124. The Labute approximate surface area is 103 Å². The highest BCUT2D eigenvalue weighted by Crippen LogP contribution is 2.17. The Balaban J connectivity index is 2.77. The minimum Gasteiger partial charge on any atom is -0.372 e. The van der Waals surface area contributed by atoms with Crippen LogP contribution < -0.4 is 5.32 Å². The van der Waals surface area contributed by atoms with Crippen molar-refractivity contribution >= 4 is 34.2 Å². The molecule has 1 rings (SSSR count). The molecule has 0 radical (unpaired) electrons. The van der Waals surface area contributed by atoms with Gasteiger partial charge in [0, 0.05) is 16.4 Å². The molecule has 0 aromatic heterocycles. The van der Waals surface area contributed by atoms with Crippen molar-refractivity contribution in [3.8, 4) is 0 Å². The predicted molar refractivity (Wildman–Crippen MR) is 69.0 cm³/mol. The van der Waals surface area contributed by atoms with Crippen LogP contribution in [0, 0.1) is 10.5 Å². The Morgan fingerprint density at radius 1 is 1.53 bits per heavy atom. The highest BCUT2D eigenvalue weighted by molar-refractivity contribution is 14.1. The number of ether oxygens (including phenoxy) is 1. The van der Waals surface area contributed by atoms with E-state index in [-0.39, 0.29) is 5.91 Å². The topological polar surface area (TPSA) is 38.3 Å². The predicted octanol–water partition coefficient (Wildman–Crippen LogP) is 2.57. The van der Waals surface area contributed by atoms with Crippen molar-refractivity contribution in [3.63, 3.8) is 0 Å². The van der Waals surface area contributed by atoms with E-state index in [2.05, 4.69) is 27.9 Å². The Morgan fingerprint density at radius 3 is 2.73 bits per heavy atom. The molecule has 1 amide bonds. The summed E-state index contributed by atoms with van der Waals surface area (Å²) in [4.78, 5) is 11.5. The fraction of sp³-hybridized carbons (Fsp3) is 0.364. The molecule has 1 unspecified atom stereocenters. The van der Waals surface area contributed by atoms with E-state index in [1.165, 1.54) is 7.11 Å². The molecule has 0 bridgehead atoms. The van der Waals surface area contributed by atoms with Crippen LogP contribution in [-0.2, 0) is 9.53 Å². The van der Waals surface area contributed by atoms with Gasteiger partial charge in [-0.15, -0.1) is 0 Å². The molecule has 0 fully saturated rings. The van der Waals surface area contributed by atoms with Crippen molar-refractivity contribution in [2.45, 2.75) is 20.0 Å². The Morgan fingerprint density at radius 2 is 2.20 bits per heavy atom. The van der Waals surface area contributed by atoms with Gasteiger partial charge in [-0.05, 0) is 60.2 Å². The van der Waals surface area contributed by atoms with Gasteiger partial charge >= 0.3 is 0 Å². The lowest BCUT2D eigenvalue weighted by Gasteiger charge is -2.12. The zero-order valence-electron chi connectivity index (χ0n) is 9.00. The first-order chi connectivity index (χ1) is 7.04. The maximum atomic E-state index is 11.5. The molecule has 3 nitrogen and oxygen atoms in total. The number of hydrogen-bond donors (Lipinski definition) is 1. The van der Waals surface area contributed by atoms with Crippen molar-refractivity contribution in [2.24, 2.45) is 0 Å². The number of halogens is 1. The second kappa shape index (κ2) is 5.46. The number of hydrogen-bond acceptors (Lipinski definition) is 2. The summed E-state index contributed by atoms with van der Waals surface area (Å²) >= 11 is 2.24. The fourth-order valence-corrected chi connectivity index (χ4v) is 1.76. The fourth-order valence-electron chi connectivity index (χ4n) is 1.11. The van der Waals surface area contributed by atoms with Gasteiger partial charge in [0.05, 0.1) is 0 Å². The van der Waals surface area contributed by atoms with E-state index in [1.807, 2.05) is 25.1 Å². The molecule has 0 aliphatic carbocycles. The quantitative estimate of drug-likeness (QED) is 0.870. The largest absolute Gasteiger partial charge is 0.372 e. The van der Waals surface area contributed by atoms with Gasteiger partial charge in [-0.3, -0.25) is 4.79 Å². The Bertz CT molecular complexity index is 366. The van der Waals surface area contributed by atoms with E-state index in [0.717, 1.165) is 14.8 Å². The van der Waals surface area contributed by atoms with Crippen LogP contribution in [0.1, 0.15) is 12.5 Å². The first kappa shape index (κ1) is 12.4. The van der Waals surface area contributed by atoms with Crippen LogP contribution in [0.5, 0.6) is 0 Å². The molecular weight excluding hydrogens is 305 g/mol. The van der Waals surface area contributed by atoms with Gasteiger partial charge in [0.2, 0.25) is 0 Å². The highest BCUT2D eigenvalue weighted by atomic mass is 127. The first-order valence-corrected chi connectivity index (χ1v) is 5.72. The third-order valence-electron chi connectivity index (χ3n) is 2.17. The van der Waals surface area contributed by atoms with E-state index in [0.29, 0.717) is 0 Å². The number of amides is 1. The van der Waals surface area contributed by atoms with E-state index >= 15 is 0 Å². The zero-order valence-corrected chi connectivity index (χ0v) is 11.2. The lowest BCUT2D eigenvalue weighted by atomic mass is 10.2. The molecule has 1 N–H and O–H groups in total. The smallest absolute Gasteiger partial charge is 0.253 e. The molecule has 4 heteroatoms. The maximum Gasteiger partial charge on any atom is 0.253 e. The second-order valence-corrected chi connectivity index (χ2v) is 4.57. The summed E-state index contributed by atoms with van der Waals surface area (Å²) in [6.45, 7) is 3.69. The van der Waals surface area contributed by atoms with Gasteiger partial charge in [-0.2, -0.15) is 0 Å². The number of benzene rings is 1. The van der Waals surface area contributed by atoms with Gasteiger partial charge in [-0.1, -0.05) is 0 Å². The number of anilines is 1. The Kier molecular flexibility index (Phi) is 4.53. The van der Waals surface area contributed by atoms with Crippen molar-refractivity contribution in [1.29, 1.82) is 0 Å². The van der Waals surface area contributed by atoms with Crippen LogP contribution in [-0.4, -0.2) is 19.1 Å². The monoisotopic (exact) mass is 319 g/mol. The standard InChI is InChI=1S/C11H14INO2/c1-7-6-9(12)4-5-10(7)13-11(14)8(2)15-3/h4-6,8H,1-3H3,(H,13,14). The molecule has 0 heterocycles. The lowest BCUT2D eigenvalue weighted by Crippen LogP contribution is -2.26. The normalized spacial score (nSPS) is 12.3. The van der Waals surface area contributed by atoms with Crippen molar-refractivity contribution in [2.75, 3.05) is 12.4 Å². The SMILES string of the molecule is COC(C)C(=O)Nc1ccc(I)cc1C. The summed E-state index contributed by atoms with van der Waals surface area (Å²) in [6, 6.07) is 5.88. The molecule has 0 spiro atoms. The number of carbonyl (C=O) groups excluding carboxylic acids is 1. The zero-order chi connectivity index (χ0) is 11.4. The minimum absolute atomic E-state index is 0.123. The van der Waals surface area contributed by atoms with Crippen LogP contribution in [0.25, 0.3) is 0 Å². The third-order valence-corrected chi connectivity index (χ3v) is 2.84. The average molecular weight is 319 g/mol. The number of carbonyl (C=O) groups is 1. The average Bonchev–Trinajstić information content (AvgIpc) is 2.20. The summed E-state index contributed by atoms with van der Waals surface area (Å²) in [6.07, 6.45) is -0.427. The third kappa shape index (κ3) is 3.46. The highest BCUT2D eigenvalue weighted by Gasteiger charge is 2.12. The molecule has 0 saturated carbocycles. The number of nitrogens with one attached hydrogen (secondary N) is 1. The molecule has 0 aliphatic rings. The molecule has 1 aromatic carbocycles. The van der Waals surface area contributed by atoms with E-state index in [1.54, 1.807) is 6.92 Å². The van der Waals surface area contributed by atoms with E-state index in [9.17, 15) is 4.79 Å². The second-order valence-electron chi connectivity index (χ2n) is 3.33. The summed E-state index contributed by atoms with van der Waals surface area (Å²) < 4.78 is 6.09. The van der Waals surface area contributed by atoms with Gasteiger partial charge in [0.25, 0.3) is 5.91 Å². The molecule has 1 aromatic rings. The van der Waals surface area contributed by atoms with Gasteiger partial charge in [0.15, 0.2) is 0 Å². The maximum absolute atomic E-state index is 11.5. The van der Waals surface area contributed by atoms with Crippen LogP contribution in [0.2, 0.25) is 0 Å². The number of aryl methyl sites for hydroxylation is 1. The molecule has 82 valence electrons. The summed E-state index contributed by atoms with van der Waals surface area (Å²) in [5.74, 6) is -0.123. The van der Waals surface area contributed by atoms with Gasteiger partial charge in [0.1, 0.15) is 6.10 Å². The van der Waals surface area contributed by atoms with E-state index < -0.39 is 6.10 Å². The summed E-state index contributed by atoms with van der Waals surface area (Å²) in [5.41, 5.74) is 1.89. The van der Waals surface area contributed by atoms with Crippen LogP contribution in [0.15, 0.2) is 18.2 Å². The van der Waals surface area contributed by atoms with Crippen molar-refractivity contribution in [3.05, 3.63) is 27.3 Å². The summed E-state index contributed by atoms with van der Waals surface area (Å²) in [7, 11) is 1.52. The summed E-state index contributed by atoms with van der Waals surface area (Å²) in [5, 5.41) is 2.82. The van der Waals surface area contributed by atoms with Crippen molar-refractivity contribution < 1.29 is 9.53 Å². The molecule has 1 atom stereocenters. The van der Waals surface area contributed by atoms with Crippen LogP contribution in [0.3, 0.4) is 0 Å². The van der Waals surface area contributed by atoms with Crippen LogP contribution in [0.4, 0.5) is 5.69 Å². The number of methoxy groups -OCH3 is 1. The minimum atomic E-state index is -0.427. The van der Waals surface area contributed by atoms with E-state index in [4.69, 9.17) is 4.74 Å². The van der Waals surface area contributed by atoms with Gasteiger partial charge < -0.3 is 10.1 Å². The van der Waals surface area contributed by atoms with Crippen molar-refractivity contribution in [1.82, 2.24) is 0 Å². The molecule has 0 saturated heterocycles. The van der Waals surface area contributed by atoms with Gasteiger partial charge in [-0.25, -0.2) is 0 Å². The first-order valence-electron chi connectivity index (χ1n) is 4.64. The molecule has 15 heavy (non-hydrogen) atoms. The molecular formula is C11H14INO2. The number of rotatable bonds is 3. The Hall–Kier alpha value is -0.620. The molecule has 0 aliphatic heterocycles. The van der Waals surface area contributed by atoms with Crippen LogP contribution >= 0.6 is 22.6 Å².